The highest BCUT2D eigenvalue weighted by Crippen LogP contribution is 2.47. The Balaban J connectivity index is 1.53. The van der Waals surface area contributed by atoms with Gasteiger partial charge >= 0.3 is 5.97 Å². The number of carbonyl (C=O) groups is 2. The molecule has 0 amide bonds. The van der Waals surface area contributed by atoms with Gasteiger partial charge in [-0.05, 0) is 67.1 Å². The molecule has 1 heterocycles. The summed E-state index contributed by atoms with van der Waals surface area (Å²) in [5.41, 5.74) is 4.25. The van der Waals surface area contributed by atoms with Crippen molar-refractivity contribution in [3.63, 3.8) is 0 Å². The van der Waals surface area contributed by atoms with Crippen LogP contribution in [0.5, 0.6) is 17.2 Å². The average Bonchev–Trinajstić information content (AvgIpc) is 2.97. The molecule has 5 rings (SSSR count). The molecule has 1 unspecified atom stereocenters. The number of esters is 1. The fourth-order valence-corrected chi connectivity index (χ4v) is 5.71. The highest BCUT2D eigenvalue weighted by Gasteiger charge is 2.46. The number of hydrogen-bond acceptors (Lipinski definition) is 7. The monoisotopic (exact) mass is 539 g/mol. The highest BCUT2D eigenvalue weighted by molar-refractivity contribution is 6.12. The van der Waals surface area contributed by atoms with Crippen LogP contribution in [-0.2, 0) is 20.9 Å². The average molecular weight is 540 g/mol. The van der Waals surface area contributed by atoms with Gasteiger partial charge in [-0.1, -0.05) is 48.5 Å². The molecule has 3 aromatic carbocycles. The zero-order chi connectivity index (χ0) is 28.2. The first kappa shape index (κ1) is 27.2. The van der Waals surface area contributed by atoms with Crippen LogP contribution in [0, 0.1) is 5.92 Å². The molecule has 1 saturated carbocycles. The Morgan fingerprint density at radius 3 is 2.40 bits per heavy atom. The van der Waals surface area contributed by atoms with Gasteiger partial charge in [-0.25, -0.2) is 4.79 Å². The number of Topliss-reactive ketones (excluding diaryl/α,β-unsaturated/α-hetero) is 1. The number of phenolic OH excluding ortho intramolecular Hbond substituents is 1. The Morgan fingerprint density at radius 2 is 1.70 bits per heavy atom. The molecule has 1 aliphatic carbocycles. The van der Waals surface area contributed by atoms with Crippen LogP contribution in [0.1, 0.15) is 55.2 Å². The van der Waals surface area contributed by atoms with Gasteiger partial charge < -0.3 is 19.3 Å². The van der Waals surface area contributed by atoms with Crippen molar-refractivity contribution in [1.29, 1.82) is 0 Å². The van der Waals surface area contributed by atoms with E-state index in [-0.39, 0.29) is 24.1 Å². The van der Waals surface area contributed by atoms with Gasteiger partial charge in [0.2, 0.25) is 0 Å². The van der Waals surface area contributed by atoms with E-state index in [0.717, 1.165) is 22.6 Å². The molecule has 3 aromatic rings. The van der Waals surface area contributed by atoms with Crippen molar-refractivity contribution in [3.8, 4) is 17.2 Å². The van der Waals surface area contributed by atoms with Crippen LogP contribution in [0.4, 0.5) is 0 Å². The quantitative estimate of drug-likeness (QED) is 0.347. The normalized spacial score (nSPS) is 20.4. The standard InChI is InChI=1S/C33H33NO6/c1-4-39-29-18-23(12-15-27(29)35)31-30(33(37)40-19-21-8-6-5-7-9-21)20(2)34-26-16-24(17-28(36)32(26)31)22-10-13-25(38-3)14-11-22/h5-15,18,24,31-32,35H,4,16-17,19H2,1-3H3/t24-,31-,32?/m1/s1. The third-order valence-corrected chi connectivity index (χ3v) is 7.62. The Morgan fingerprint density at radius 1 is 0.975 bits per heavy atom. The molecule has 0 aromatic heterocycles. The van der Waals surface area contributed by atoms with E-state index in [0.29, 0.717) is 42.0 Å². The lowest BCUT2D eigenvalue weighted by Gasteiger charge is -2.38. The van der Waals surface area contributed by atoms with Gasteiger partial charge in [-0.3, -0.25) is 9.79 Å². The first-order chi connectivity index (χ1) is 19.4. The van der Waals surface area contributed by atoms with Crippen LogP contribution >= 0.6 is 0 Å². The van der Waals surface area contributed by atoms with E-state index in [1.165, 1.54) is 0 Å². The van der Waals surface area contributed by atoms with Gasteiger partial charge in [-0.2, -0.15) is 0 Å². The van der Waals surface area contributed by atoms with Crippen molar-refractivity contribution in [2.45, 2.75) is 45.1 Å². The minimum absolute atomic E-state index is 0.00116. The molecule has 40 heavy (non-hydrogen) atoms. The minimum atomic E-state index is -0.614. The van der Waals surface area contributed by atoms with Crippen LogP contribution in [0.2, 0.25) is 0 Å². The number of fused-ring (bicyclic) bond motifs is 1. The van der Waals surface area contributed by atoms with Crippen LogP contribution in [0.3, 0.4) is 0 Å². The number of ether oxygens (including phenoxy) is 3. The largest absolute Gasteiger partial charge is 0.504 e. The predicted molar refractivity (Wildman–Crippen MR) is 152 cm³/mol. The molecule has 1 fully saturated rings. The maximum Gasteiger partial charge on any atom is 0.336 e. The van der Waals surface area contributed by atoms with Gasteiger partial charge in [0.25, 0.3) is 0 Å². The third kappa shape index (κ3) is 5.50. The molecule has 7 nitrogen and oxygen atoms in total. The summed E-state index contributed by atoms with van der Waals surface area (Å²) < 4.78 is 16.7. The Labute approximate surface area is 234 Å². The summed E-state index contributed by atoms with van der Waals surface area (Å²) in [6, 6.07) is 22.2. The zero-order valence-corrected chi connectivity index (χ0v) is 22.9. The fourth-order valence-electron chi connectivity index (χ4n) is 5.71. The third-order valence-electron chi connectivity index (χ3n) is 7.62. The highest BCUT2D eigenvalue weighted by atomic mass is 16.5. The first-order valence-corrected chi connectivity index (χ1v) is 13.5. The van der Waals surface area contributed by atoms with Crippen molar-refractivity contribution in [2.24, 2.45) is 10.9 Å². The van der Waals surface area contributed by atoms with E-state index < -0.39 is 17.8 Å². The predicted octanol–water partition coefficient (Wildman–Crippen LogP) is 6.12. The number of ketones is 1. The molecule has 2 aliphatic rings. The summed E-state index contributed by atoms with van der Waals surface area (Å²) in [5, 5.41) is 10.4. The second-order valence-corrected chi connectivity index (χ2v) is 10.1. The lowest BCUT2D eigenvalue weighted by atomic mass is 9.66. The van der Waals surface area contributed by atoms with Gasteiger partial charge in [0.15, 0.2) is 11.5 Å². The molecular weight excluding hydrogens is 506 g/mol. The van der Waals surface area contributed by atoms with Gasteiger partial charge in [0.05, 0.1) is 25.2 Å². The van der Waals surface area contributed by atoms with Crippen LogP contribution in [0.25, 0.3) is 0 Å². The number of benzene rings is 3. The molecule has 1 aliphatic heterocycles. The zero-order valence-electron chi connectivity index (χ0n) is 22.9. The number of carbonyl (C=O) groups excluding carboxylic acids is 2. The summed E-state index contributed by atoms with van der Waals surface area (Å²) in [7, 11) is 1.62. The molecule has 0 saturated heterocycles. The van der Waals surface area contributed by atoms with Crippen molar-refractivity contribution in [1.82, 2.24) is 0 Å². The van der Waals surface area contributed by atoms with Gasteiger partial charge in [-0.15, -0.1) is 0 Å². The lowest BCUT2D eigenvalue weighted by Crippen LogP contribution is -2.41. The molecule has 3 atom stereocenters. The van der Waals surface area contributed by atoms with Crippen LogP contribution < -0.4 is 9.47 Å². The molecular formula is C33H33NO6. The number of nitrogens with zero attached hydrogens (tertiary/aromatic N) is 1. The van der Waals surface area contributed by atoms with E-state index in [1.54, 1.807) is 32.2 Å². The number of aliphatic imine (C=N–C) groups is 1. The summed E-state index contributed by atoms with van der Waals surface area (Å²) in [4.78, 5) is 32.4. The van der Waals surface area contributed by atoms with Crippen molar-refractivity contribution in [3.05, 3.63) is 101 Å². The molecule has 0 bridgehead atoms. The van der Waals surface area contributed by atoms with Crippen molar-refractivity contribution in [2.75, 3.05) is 13.7 Å². The second kappa shape index (κ2) is 11.8. The Hall–Kier alpha value is -4.39. The van der Waals surface area contributed by atoms with Crippen LogP contribution in [0.15, 0.2) is 89.1 Å². The number of methoxy groups -OCH3 is 1. The SMILES string of the molecule is CCOc1cc([C@@H]2C(C(=O)OCc3ccccc3)=C(C)N=C3C[C@@H](c4ccc(OC)cc4)CC(=O)C32)ccc1O. The maximum atomic E-state index is 13.9. The molecule has 7 heteroatoms. The van der Waals surface area contributed by atoms with E-state index in [2.05, 4.69) is 0 Å². The van der Waals surface area contributed by atoms with Gasteiger partial charge in [0, 0.05) is 23.7 Å². The second-order valence-electron chi connectivity index (χ2n) is 10.1. The molecule has 1 N–H and O–H groups in total. The number of rotatable bonds is 8. The smallest absolute Gasteiger partial charge is 0.336 e. The van der Waals surface area contributed by atoms with Crippen LogP contribution in [-0.4, -0.2) is 36.3 Å². The van der Waals surface area contributed by atoms with E-state index >= 15 is 0 Å². The summed E-state index contributed by atoms with van der Waals surface area (Å²) in [6.45, 7) is 4.09. The summed E-state index contributed by atoms with van der Waals surface area (Å²) >= 11 is 0. The molecule has 206 valence electrons. The van der Waals surface area contributed by atoms with E-state index in [1.807, 2.05) is 61.5 Å². The van der Waals surface area contributed by atoms with E-state index in [4.69, 9.17) is 19.2 Å². The lowest BCUT2D eigenvalue weighted by molar-refractivity contribution is -0.140. The van der Waals surface area contributed by atoms with E-state index in [9.17, 15) is 14.7 Å². The summed E-state index contributed by atoms with van der Waals surface area (Å²) in [5.74, 6) is -0.679. The maximum absolute atomic E-state index is 13.9. The number of allylic oxidation sites excluding steroid dienone is 1. The number of hydrogen-bond donors (Lipinski definition) is 1. The molecule has 0 radical (unpaired) electrons. The Bertz CT molecular complexity index is 1460. The fraction of sp³-hybridized carbons (Fsp3) is 0.303. The minimum Gasteiger partial charge on any atom is -0.504 e. The van der Waals surface area contributed by atoms with Gasteiger partial charge in [0.1, 0.15) is 18.1 Å². The van der Waals surface area contributed by atoms with Crippen molar-refractivity contribution < 1.29 is 28.9 Å². The first-order valence-electron chi connectivity index (χ1n) is 13.5. The van der Waals surface area contributed by atoms with Crippen molar-refractivity contribution >= 4 is 17.5 Å². The summed E-state index contributed by atoms with van der Waals surface area (Å²) in [6.07, 6.45) is 0.924. The number of aromatic hydroxyl groups is 1. The number of phenols is 1. The topological polar surface area (TPSA) is 94.4 Å². The Kier molecular flexibility index (Phi) is 8.01. The molecule has 0 spiro atoms.